The van der Waals surface area contributed by atoms with Crippen molar-refractivity contribution in [2.24, 2.45) is 0 Å². The molecule has 0 aliphatic carbocycles. The lowest BCUT2D eigenvalue weighted by atomic mass is 9.90. The van der Waals surface area contributed by atoms with E-state index >= 15 is 0 Å². The van der Waals surface area contributed by atoms with Gasteiger partial charge < -0.3 is 11.1 Å². The third-order valence-corrected chi connectivity index (χ3v) is 5.67. The molecule has 0 spiro atoms. The smallest absolute Gasteiger partial charge is 0.135 e. The molecule has 0 bridgehead atoms. The number of hydrogen-bond donors (Lipinski definition) is 3. The largest absolute Gasteiger partial charge is 0.383 e. The van der Waals surface area contributed by atoms with Gasteiger partial charge in [0.2, 0.25) is 0 Å². The van der Waals surface area contributed by atoms with Gasteiger partial charge in [-0.1, -0.05) is 0 Å². The lowest BCUT2D eigenvalue weighted by Gasteiger charge is -2.22. The molecule has 0 atom stereocenters. The third-order valence-electron chi connectivity index (χ3n) is 5.67. The van der Waals surface area contributed by atoms with Crippen LogP contribution in [0.2, 0.25) is 0 Å². The van der Waals surface area contributed by atoms with Gasteiger partial charge in [-0.3, -0.25) is 10.1 Å². The maximum atomic E-state index is 14.0. The minimum atomic E-state index is -0.645. The molecule has 176 valence electrons. The minimum absolute atomic E-state index is 0. The van der Waals surface area contributed by atoms with Crippen LogP contribution in [0, 0.1) is 11.6 Å². The number of hydrogen-bond acceptors (Lipinski definition) is 5. The Hall–Kier alpha value is -2.52. The normalized spacial score (nSPS) is 13.6. The molecule has 4 heterocycles. The molecule has 6 nitrogen and oxygen atoms in total. The van der Waals surface area contributed by atoms with Crippen molar-refractivity contribution >= 4 is 53.8 Å². The molecule has 4 N–H and O–H groups in total. The highest BCUT2D eigenvalue weighted by Gasteiger charge is 2.21. The summed E-state index contributed by atoms with van der Waals surface area (Å²) in [5.74, 6) is -0.584. The molecule has 0 radical (unpaired) electrons. The second-order valence-electron chi connectivity index (χ2n) is 7.56. The van der Waals surface area contributed by atoms with Crippen molar-refractivity contribution in [1.82, 2.24) is 25.5 Å². The standard InChI is InChI=1S/C22H20F2N6.3ClH/c23-15-5-13-7-20(27-10-17(13)19(24)8-15)16-6-14(9-28-22(16)25)18-11-29-30-21(18)12-1-3-26-4-2-12;;;/h5-12,26H,1-4H2,(H2,25,28)(H,29,30);3*1H. The van der Waals surface area contributed by atoms with Crippen molar-refractivity contribution in [3.63, 3.8) is 0 Å². The van der Waals surface area contributed by atoms with Gasteiger partial charge in [-0.15, -0.1) is 37.2 Å². The van der Waals surface area contributed by atoms with E-state index in [-0.39, 0.29) is 42.6 Å². The highest BCUT2D eigenvalue weighted by Crippen LogP contribution is 2.35. The summed E-state index contributed by atoms with van der Waals surface area (Å²) in [4.78, 5) is 8.70. The summed E-state index contributed by atoms with van der Waals surface area (Å²) < 4.78 is 27.7. The molecule has 5 rings (SSSR count). The van der Waals surface area contributed by atoms with Crippen molar-refractivity contribution in [3.05, 3.63) is 60.2 Å². The van der Waals surface area contributed by atoms with Crippen LogP contribution in [0.3, 0.4) is 0 Å². The number of aromatic amines is 1. The van der Waals surface area contributed by atoms with Gasteiger partial charge in [0.15, 0.2) is 0 Å². The minimum Gasteiger partial charge on any atom is -0.383 e. The van der Waals surface area contributed by atoms with Crippen LogP contribution in [0.25, 0.3) is 33.2 Å². The van der Waals surface area contributed by atoms with E-state index in [1.165, 1.54) is 12.3 Å². The van der Waals surface area contributed by atoms with Gasteiger partial charge in [0.05, 0.1) is 11.9 Å². The zero-order valence-corrected chi connectivity index (χ0v) is 19.8. The third kappa shape index (κ3) is 5.19. The van der Waals surface area contributed by atoms with E-state index in [9.17, 15) is 8.78 Å². The van der Waals surface area contributed by atoms with E-state index < -0.39 is 11.6 Å². The molecule has 0 amide bonds. The number of rotatable bonds is 3. The van der Waals surface area contributed by atoms with E-state index in [0.717, 1.165) is 48.8 Å². The summed E-state index contributed by atoms with van der Waals surface area (Å²) in [6, 6.07) is 5.66. The molecule has 1 fully saturated rings. The first-order chi connectivity index (χ1) is 14.6. The number of nitrogen functional groups attached to an aromatic ring is 1. The first-order valence-corrected chi connectivity index (χ1v) is 9.85. The maximum Gasteiger partial charge on any atom is 0.135 e. The molecule has 11 heteroatoms. The van der Waals surface area contributed by atoms with Crippen molar-refractivity contribution in [1.29, 1.82) is 0 Å². The summed E-state index contributed by atoms with van der Waals surface area (Å²) in [5, 5.41) is 11.4. The van der Waals surface area contributed by atoms with Gasteiger partial charge >= 0.3 is 0 Å². The molecule has 1 aliphatic rings. The number of benzene rings is 1. The molecule has 1 aromatic carbocycles. The molecule has 0 unspecified atom stereocenters. The first-order valence-electron chi connectivity index (χ1n) is 9.85. The van der Waals surface area contributed by atoms with Crippen LogP contribution < -0.4 is 11.1 Å². The van der Waals surface area contributed by atoms with Crippen LogP contribution in [0.1, 0.15) is 24.5 Å². The van der Waals surface area contributed by atoms with Crippen LogP contribution in [0.5, 0.6) is 0 Å². The summed E-state index contributed by atoms with van der Waals surface area (Å²) >= 11 is 0. The predicted octanol–water partition coefficient (Wildman–Crippen LogP) is 5.28. The lowest BCUT2D eigenvalue weighted by molar-refractivity contribution is 0.453. The highest BCUT2D eigenvalue weighted by atomic mass is 35.5. The number of nitrogens with two attached hydrogens (primary N) is 1. The van der Waals surface area contributed by atoms with Crippen molar-refractivity contribution in [3.8, 4) is 22.4 Å². The zero-order chi connectivity index (χ0) is 20.7. The summed E-state index contributed by atoms with van der Waals surface area (Å²) in [5.41, 5.74) is 10.2. The van der Waals surface area contributed by atoms with Crippen molar-refractivity contribution in [2.75, 3.05) is 18.8 Å². The van der Waals surface area contributed by atoms with Gasteiger partial charge in [-0.25, -0.2) is 13.8 Å². The number of nitrogens with one attached hydrogen (secondary N) is 2. The van der Waals surface area contributed by atoms with Gasteiger partial charge in [0.25, 0.3) is 0 Å². The Morgan fingerprint density at radius 1 is 0.879 bits per heavy atom. The van der Waals surface area contributed by atoms with E-state index in [1.54, 1.807) is 18.5 Å². The second-order valence-corrected chi connectivity index (χ2v) is 7.56. The molecule has 1 saturated heterocycles. The molecule has 1 aliphatic heterocycles. The number of fused-ring (bicyclic) bond motifs is 1. The molecular weight excluding hydrogens is 493 g/mol. The number of pyridine rings is 2. The quantitative estimate of drug-likeness (QED) is 0.345. The Morgan fingerprint density at radius 3 is 2.39 bits per heavy atom. The van der Waals surface area contributed by atoms with Crippen LogP contribution >= 0.6 is 37.2 Å². The van der Waals surface area contributed by atoms with Gasteiger partial charge in [0, 0.05) is 52.1 Å². The number of H-pyrrole nitrogens is 1. The Labute approximate surface area is 208 Å². The van der Waals surface area contributed by atoms with E-state index in [4.69, 9.17) is 5.73 Å². The fraction of sp³-hybridized carbons (Fsp3) is 0.227. The molecule has 3 aromatic heterocycles. The van der Waals surface area contributed by atoms with Gasteiger partial charge in [-0.05, 0) is 49.5 Å². The van der Waals surface area contributed by atoms with Gasteiger partial charge in [0.1, 0.15) is 17.5 Å². The predicted molar refractivity (Wildman–Crippen MR) is 133 cm³/mol. The van der Waals surface area contributed by atoms with Crippen molar-refractivity contribution < 1.29 is 8.78 Å². The fourth-order valence-corrected chi connectivity index (χ4v) is 4.10. The maximum absolute atomic E-state index is 14.0. The van der Waals surface area contributed by atoms with Gasteiger partial charge in [-0.2, -0.15) is 5.10 Å². The Bertz CT molecular complexity index is 1240. The summed E-state index contributed by atoms with van der Waals surface area (Å²) in [7, 11) is 0. The molecule has 4 aromatic rings. The Kier molecular flexibility index (Phi) is 8.97. The van der Waals surface area contributed by atoms with Crippen LogP contribution in [-0.2, 0) is 0 Å². The van der Waals surface area contributed by atoms with E-state index in [0.29, 0.717) is 28.4 Å². The van der Waals surface area contributed by atoms with Crippen LogP contribution in [0.15, 0.2) is 42.9 Å². The Morgan fingerprint density at radius 2 is 1.64 bits per heavy atom. The average Bonchev–Trinajstić information content (AvgIpc) is 3.24. The number of aromatic nitrogens is 4. The zero-order valence-electron chi connectivity index (χ0n) is 17.3. The lowest BCUT2D eigenvalue weighted by Crippen LogP contribution is -2.27. The van der Waals surface area contributed by atoms with Crippen LogP contribution in [-0.4, -0.2) is 33.3 Å². The molecular formula is C22H23Cl3F2N6. The van der Waals surface area contributed by atoms with Crippen molar-refractivity contribution in [2.45, 2.75) is 18.8 Å². The summed E-state index contributed by atoms with van der Waals surface area (Å²) in [6.45, 7) is 1.95. The number of piperidine rings is 1. The topological polar surface area (TPSA) is 92.5 Å². The Balaban J connectivity index is 0.00000128. The van der Waals surface area contributed by atoms with Crippen LogP contribution in [0.4, 0.5) is 14.6 Å². The number of anilines is 1. The van der Waals surface area contributed by atoms with E-state index in [1.807, 2.05) is 6.07 Å². The fourth-order valence-electron chi connectivity index (χ4n) is 4.10. The van der Waals surface area contributed by atoms with E-state index in [2.05, 4.69) is 25.5 Å². The number of nitrogens with zero attached hydrogens (tertiary/aromatic N) is 3. The summed E-state index contributed by atoms with van der Waals surface area (Å²) in [6.07, 6.45) is 6.98. The monoisotopic (exact) mass is 514 g/mol. The first kappa shape index (κ1) is 26.7. The average molecular weight is 516 g/mol. The molecule has 0 saturated carbocycles. The molecule has 33 heavy (non-hydrogen) atoms. The number of halogens is 5. The highest BCUT2D eigenvalue weighted by molar-refractivity contribution is 5.88. The second kappa shape index (κ2) is 11.1. The SMILES string of the molecule is Cl.Cl.Cl.Nc1ncc(-c2cn[nH]c2C2CCNCC2)cc1-c1cc2cc(F)cc(F)c2cn1.